The normalized spacial score (nSPS) is 17.6. The number of rotatable bonds is 6. The molecule has 1 heterocycles. The van der Waals surface area contributed by atoms with Gasteiger partial charge in [-0.25, -0.2) is 5.84 Å². The molecule has 2 rings (SSSR count). The van der Waals surface area contributed by atoms with Crippen molar-refractivity contribution in [2.45, 2.75) is 57.9 Å². The molecule has 0 amide bonds. The summed E-state index contributed by atoms with van der Waals surface area (Å²) in [5.41, 5.74) is 2.49. The molecule has 7 heteroatoms. The molecule has 1 fully saturated rings. The molecule has 1 saturated carbocycles. The maximum atomic E-state index is 5.46. The van der Waals surface area contributed by atoms with Gasteiger partial charge < -0.3 is 10.1 Å². The first-order valence-electron chi connectivity index (χ1n) is 7.29. The number of nitrogens with one attached hydrogen (secondary N) is 2. The van der Waals surface area contributed by atoms with Crippen LogP contribution in [0.1, 0.15) is 52.4 Å². The van der Waals surface area contributed by atoms with Gasteiger partial charge in [-0.05, 0) is 26.2 Å². The molecule has 1 aliphatic rings. The fraction of sp³-hybridized carbons (Fsp3) is 0.769. The molecule has 0 aliphatic heterocycles. The first-order valence-corrected chi connectivity index (χ1v) is 7.29. The van der Waals surface area contributed by atoms with Crippen LogP contribution in [-0.4, -0.2) is 27.1 Å². The van der Waals surface area contributed by atoms with Gasteiger partial charge in [-0.3, -0.25) is 5.43 Å². The van der Waals surface area contributed by atoms with Crippen molar-refractivity contribution >= 4 is 11.9 Å². The van der Waals surface area contributed by atoms with E-state index in [1.54, 1.807) is 0 Å². The number of nitrogens with zero attached hydrogens (tertiary/aromatic N) is 3. The van der Waals surface area contributed by atoms with E-state index in [0.717, 1.165) is 19.3 Å². The van der Waals surface area contributed by atoms with Crippen LogP contribution in [0.2, 0.25) is 0 Å². The average molecular weight is 280 g/mol. The number of nitrogen functional groups attached to an aromatic ring is 1. The molecule has 4 N–H and O–H groups in total. The van der Waals surface area contributed by atoms with Crippen LogP contribution in [-0.2, 0) is 0 Å². The summed E-state index contributed by atoms with van der Waals surface area (Å²) in [7, 11) is 0. The van der Waals surface area contributed by atoms with E-state index in [0.29, 0.717) is 24.5 Å². The Balaban J connectivity index is 2.12. The largest absolute Gasteiger partial charge is 0.463 e. The molecule has 1 aliphatic carbocycles. The van der Waals surface area contributed by atoms with Crippen LogP contribution in [0, 0.1) is 0 Å². The summed E-state index contributed by atoms with van der Waals surface area (Å²) in [4.78, 5) is 12.6. The molecule has 0 spiro atoms. The van der Waals surface area contributed by atoms with Crippen molar-refractivity contribution in [3.05, 3.63) is 0 Å². The van der Waals surface area contributed by atoms with E-state index in [2.05, 4.69) is 32.6 Å². The van der Waals surface area contributed by atoms with Crippen LogP contribution >= 0.6 is 0 Å². The van der Waals surface area contributed by atoms with Crippen LogP contribution < -0.4 is 21.3 Å². The Kier molecular flexibility index (Phi) is 4.94. The van der Waals surface area contributed by atoms with Gasteiger partial charge in [0.25, 0.3) is 0 Å². The second-order valence-electron chi connectivity index (χ2n) is 5.50. The topological polar surface area (TPSA) is 98.0 Å². The van der Waals surface area contributed by atoms with Crippen LogP contribution in [0.25, 0.3) is 0 Å². The first kappa shape index (κ1) is 14.8. The van der Waals surface area contributed by atoms with Crippen LogP contribution in [0.15, 0.2) is 0 Å². The molecule has 0 bridgehead atoms. The number of ether oxygens (including phenoxy) is 1. The van der Waals surface area contributed by atoms with Gasteiger partial charge in [-0.15, -0.1) is 0 Å². The fourth-order valence-electron chi connectivity index (χ4n) is 2.46. The summed E-state index contributed by atoms with van der Waals surface area (Å²) in [5, 5.41) is 3.41. The third-order valence-corrected chi connectivity index (χ3v) is 3.55. The minimum absolute atomic E-state index is 0.0352. The Morgan fingerprint density at radius 2 is 1.85 bits per heavy atom. The average Bonchev–Trinajstić information content (AvgIpc) is 2.45. The molecule has 112 valence electrons. The van der Waals surface area contributed by atoms with Gasteiger partial charge in [-0.2, -0.15) is 15.0 Å². The molecule has 20 heavy (non-hydrogen) atoms. The Morgan fingerprint density at radius 1 is 1.15 bits per heavy atom. The second-order valence-corrected chi connectivity index (χ2v) is 5.50. The third kappa shape index (κ3) is 3.93. The molecule has 1 aromatic heterocycles. The summed E-state index contributed by atoms with van der Waals surface area (Å²) in [6, 6.07) is 0.303. The Labute approximate surface area is 119 Å². The van der Waals surface area contributed by atoms with E-state index in [4.69, 9.17) is 10.6 Å². The number of nitrogens with two attached hydrogens (primary N) is 1. The minimum atomic E-state index is 0.0352. The lowest BCUT2D eigenvalue weighted by molar-refractivity contribution is 0.291. The Bertz CT molecular complexity index is 433. The molecule has 1 aromatic rings. The third-order valence-electron chi connectivity index (χ3n) is 3.55. The zero-order chi connectivity index (χ0) is 14.4. The zero-order valence-electron chi connectivity index (χ0n) is 12.3. The van der Waals surface area contributed by atoms with Gasteiger partial charge in [0.1, 0.15) is 0 Å². The highest BCUT2D eigenvalue weighted by Gasteiger charge is 2.27. The molecule has 0 radical (unpaired) electrons. The molecule has 0 atom stereocenters. The van der Waals surface area contributed by atoms with Gasteiger partial charge in [0, 0.05) is 5.54 Å². The van der Waals surface area contributed by atoms with Gasteiger partial charge in [0.05, 0.1) is 6.61 Å². The van der Waals surface area contributed by atoms with Gasteiger partial charge in [0.2, 0.25) is 11.9 Å². The van der Waals surface area contributed by atoms with Gasteiger partial charge >= 0.3 is 6.01 Å². The lowest BCUT2D eigenvalue weighted by Gasteiger charge is -2.34. The molecule has 0 aromatic carbocycles. The summed E-state index contributed by atoms with van der Waals surface area (Å²) in [6.45, 7) is 4.81. The van der Waals surface area contributed by atoms with Gasteiger partial charge in [0.15, 0.2) is 0 Å². The lowest BCUT2D eigenvalue weighted by Crippen LogP contribution is -2.37. The fourth-order valence-corrected chi connectivity index (χ4v) is 2.46. The summed E-state index contributed by atoms with van der Waals surface area (Å²) in [6.07, 6.45) is 6.91. The number of anilines is 2. The highest BCUT2D eigenvalue weighted by Crippen LogP contribution is 2.30. The number of aromatic nitrogens is 3. The van der Waals surface area contributed by atoms with Crippen molar-refractivity contribution in [1.29, 1.82) is 0 Å². The van der Waals surface area contributed by atoms with Crippen LogP contribution in [0.3, 0.4) is 0 Å². The SMILES string of the molecule is CCCOc1nc(NN)nc(NC2(C)CCCCC2)n1. The zero-order valence-corrected chi connectivity index (χ0v) is 12.3. The standard InChI is InChI=1S/C13H24N6O/c1-3-9-20-12-16-10(15-11(17-12)19-14)18-13(2)7-5-4-6-8-13/h3-9,14H2,1-2H3,(H2,15,16,17,18,19). The predicted octanol–water partition coefficient (Wildman–Crippen LogP) is 2.08. The monoisotopic (exact) mass is 280 g/mol. The molecular formula is C13H24N6O. The van der Waals surface area contributed by atoms with Crippen LogP contribution in [0.5, 0.6) is 6.01 Å². The van der Waals surface area contributed by atoms with E-state index in [1.165, 1.54) is 19.3 Å². The minimum Gasteiger partial charge on any atom is -0.463 e. The van der Waals surface area contributed by atoms with Crippen molar-refractivity contribution < 1.29 is 4.74 Å². The molecule has 0 saturated heterocycles. The second kappa shape index (κ2) is 6.69. The maximum Gasteiger partial charge on any atom is 0.323 e. The van der Waals surface area contributed by atoms with Crippen molar-refractivity contribution in [2.24, 2.45) is 5.84 Å². The summed E-state index contributed by atoms with van der Waals surface area (Å²) >= 11 is 0. The summed E-state index contributed by atoms with van der Waals surface area (Å²) < 4.78 is 5.46. The Morgan fingerprint density at radius 3 is 2.50 bits per heavy atom. The predicted molar refractivity (Wildman–Crippen MR) is 78.5 cm³/mol. The summed E-state index contributed by atoms with van der Waals surface area (Å²) in [5.74, 6) is 6.23. The quantitative estimate of drug-likeness (QED) is 0.542. The van der Waals surface area contributed by atoms with Crippen molar-refractivity contribution in [1.82, 2.24) is 15.0 Å². The van der Waals surface area contributed by atoms with Crippen molar-refractivity contribution in [2.75, 3.05) is 17.3 Å². The van der Waals surface area contributed by atoms with E-state index >= 15 is 0 Å². The highest BCUT2D eigenvalue weighted by molar-refractivity contribution is 5.37. The lowest BCUT2D eigenvalue weighted by atomic mass is 9.83. The maximum absolute atomic E-state index is 5.46. The molecular weight excluding hydrogens is 256 g/mol. The van der Waals surface area contributed by atoms with Crippen molar-refractivity contribution in [3.63, 3.8) is 0 Å². The van der Waals surface area contributed by atoms with E-state index in [9.17, 15) is 0 Å². The van der Waals surface area contributed by atoms with Crippen LogP contribution in [0.4, 0.5) is 11.9 Å². The smallest absolute Gasteiger partial charge is 0.323 e. The Hall–Kier alpha value is -1.63. The van der Waals surface area contributed by atoms with E-state index in [1.807, 2.05) is 6.92 Å². The highest BCUT2D eigenvalue weighted by atomic mass is 16.5. The first-order chi connectivity index (χ1) is 9.65. The van der Waals surface area contributed by atoms with Crippen molar-refractivity contribution in [3.8, 4) is 6.01 Å². The van der Waals surface area contributed by atoms with E-state index in [-0.39, 0.29) is 5.54 Å². The number of hydrogen-bond acceptors (Lipinski definition) is 7. The van der Waals surface area contributed by atoms with Gasteiger partial charge in [-0.1, -0.05) is 26.2 Å². The molecule has 7 nitrogen and oxygen atoms in total. The van der Waals surface area contributed by atoms with E-state index < -0.39 is 0 Å². The molecule has 0 unspecified atom stereocenters. The number of hydrogen-bond donors (Lipinski definition) is 3. The number of hydrazine groups is 1.